The van der Waals surface area contributed by atoms with E-state index in [0.29, 0.717) is 6.04 Å². The Morgan fingerprint density at radius 2 is 2.13 bits per heavy atom. The molecule has 1 aliphatic rings. The van der Waals surface area contributed by atoms with Crippen molar-refractivity contribution in [2.45, 2.75) is 38.6 Å². The first-order valence-corrected chi connectivity index (χ1v) is 5.64. The van der Waals surface area contributed by atoms with Crippen molar-refractivity contribution in [2.24, 2.45) is 5.92 Å². The Balaban J connectivity index is 1.92. The molecule has 3 heteroatoms. The van der Waals surface area contributed by atoms with Crippen LogP contribution >= 0.6 is 0 Å². The van der Waals surface area contributed by atoms with Crippen molar-refractivity contribution in [3.05, 3.63) is 24.1 Å². The number of nitrogens with zero attached hydrogens (tertiary/aromatic N) is 1. The van der Waals surface area contributed by atoms with Gasteiger partial charge in [0.1, 0.15) is 11.6 Å². The highest BCUT2D eigenvalue weighted by molar-refractivity contribution is 5.34. The number of rotatable bonds is 3. The Hall–Kier alpha value is -1.12. The van der Waals surface area contributed by atoms with Gasteiger partial charge in [0.25, 0.3) is 0 Å². The number of nitrogens with one attached hydrogen (secondary N) is 1. The van der Waals surface area contributed by atoms with Crippen LogP contribution < -0.4 is 5.32 Å². The lowest BCUT2D eigenvalue weighted by atomic mass is 10.00. The summed E-state index contributed by atoms with van der Waals surface area (Å²) < 4.78 is 12.6. The minimum absolute atomic E-state index is 0.283. The summed E-state index contributed by atoms with van der Waals surface area (Å²) in [5.74, 6) is 1.24. The quantitative estimate of drug-likeness (QED) is 0.825. The monoisotopic (exact) mass is 208 g/mol. The maximum Gasteiger partial charge on any atom is 0.141 e. The summed E-state index contributed by atoms with van der Waals surface area (Å²) in [6.07, 6.45) is 6.54. The number of halogens is 1. The molecule has 1 aromatic heterocycles. The first-order chi connectivity index (χ1) is 7.25. The van der Waals surface area contributed by atoms with Gasteiger partial charge < -0.3 is 5.32 Å². The van der Waals surface area contributed by atoms with Crippen LogP contribution in [-0.4, -0.2) is 11.0 Å². The average Bonchev–Trinajstić information content (AvgIpc) is 2.74. The molecule has 0 spiro atoms. The molecule has 1 saturated carbocycles. The first kappa shape index (κ1) is 10.4. The van der Waals surface area contributed by atoms with Gasteiger partial charge in [-0.15, -0.1) is 0 Å². The molecule has 0 amide bonds. The van der Waals surface area contributed by atoms with Crippen LogP contribution in [0.1, 0.15) is 32.6 Å². The van der Waals surface area contributed by atoms with Gasteiger partial charge in [-0.25, -0.2) is 9.37 Å². The minimum atomic E-state index is -0.283. The van der Waals surface area contributed by atoms with Crippen LogP contribution in [-0.2, 0) is 0 Å². The van der Waals surface area contributed by atoms with Gasteiger partial charge in [0.2, 0.25) is 0 Å². The van der Waals surface area contributed by atoms with Crippen molar-refractivity contribution in [3.8, 4) is 0 Å². The van der Waals surface area contributed by atoms with Crippen LogP contribution in [0.5, 0.6) is 0 Å². The standard InChI is InChI=1S/C12H17FN2/c1-9(10-4-2-3-5-10)15-12-7-6-11(13)8-14-12/h6-10H,2-5H2,1H3,(H,14,15). The normalized spacial score (nSPS) is 19.1. The van der Waals surface area contributed by atoms with Crippen molar-refractivity contribution in [2.75, 3.05) is 5.32 Å². The van der Waals surface area contributed by atoms with E-state index in [0.717, 1.165) is 11.7 Å². The maximum absolute atomic E-state index is 12.6. The van der Waals surface area contributed by atoms with Crippen LogP contribution in [0, 0.1) is 11.7 Å². The molecule has 0 bridgehead atoms. The summed E-state index contributed by atoms with van der Waals surface area (Å²) in [5, 5.41) is 3.33. The highest BCUT2D eigenvalue weighted by atomic mass is 19.1. The second kappa shape index (κ2) is 4.60. The number of hydrogen-bond donors (Lipinski definition) is 1. The van der Waals surface area contributed by atoms with Crippen LogP contribution in [0.3, 0.4) is 0 Å². The molecule has 1 N–H and O–H groups in total. The van der Waals surface area contributed by atoms with Gasteiger partial charge in [0.05, 0.1) is 6.20 Å². The maximum atomic E-state index is 12.6. The zero-order chi connectivity index (χ0) is 10.7. The van der Waals surface area contributed by atoms with E-state index in [1.165, 1.54) is 37.9 Å². The molecule has 15 heavy (non-hydrogen) atoms. The summed E-state index contributed by atoms with van der Waals surface area (Å²) in [4.78, 5) is 4.00. The first-order valence-electron chi connectivity index (χ1n) is 5.64. The lowest BCUT2D eigenvalue weighted by molar-refractivity contribution is 0.481. The van der Waals surface area contributed by atoms with Crippen LogP contribution in [0.4, 0.5) is 10.2 Å². The molecule has 2 rings (SSSR count). The zero-order valence-corrected chi connectivity index (χ0v) is 9.04. The van der Waals surface area contributed by atoms with E-state index < -0.39 is 0 Å². The predicted octanol–water partition coefficient (Wildman–Crippen LogP) is 3.21. The predicted molar refractivity (Wildman–Crippen MR) is 59.2 cm³/mol. The molecule has 1 unspecified atom stereocenters. The largest absolute Gasteiger partial charge is 0.367 e. The second-order valence-corrected chi connectivity index (χ2v) is 4.34. The summed E-state index contributed by atoms with van der Waals surface area (Å²) in [6, 6.07) is 3.57. The number of aromatic nitrogens is 1. The lowest BCUT2D eigenvalue weighted by Gasteiger charge is -2.20. The topological polar surface area (TPSA) is 24.9 Å². The van der Waals surface area contributed by atoms with Crippen molar-refractivity contribution >= 4 is 5.82 Å². The van der Waals surface area contributed by atoms with E-state index in [2.05, 4.69) is 17.2 Å². The molecule has 2 nitrogen and oxygen atoms in total. The SMILES string of the molecule is CC(Nc1ccc(F)cn1)C1CCCC1. The number of hydrogen-bond acceptors (Lipinski definition) is 2. The van der Waals surface area contributed by atoms with E-state index in [1.807, 2.05) is 0 Å². The highest BCUT2D eigenvalue weighted by Gasteiger charge is 2.21. The molecule has 1 aromatic rings. The number of anilines is 1. The van der Waals surface area contributed by atoms with Gasteiger partial charge in [0, 0.05) is 6.04 Å². The smallest absolute Gasteiger partial charge is 0.141 e. The summed E-state index contributed by atoms with van der Waals surface area (Å²) >= 11 is 0. The van der Waals surface area contributed by atoms with E-state index in [1.54, 1.807) is 6.07 Å². The average molecular weight is 208 g/mol. The third kappa shape index (κ3) is 2.67. The molecule has 1 fully saturated rings. The van der Waals surface area contributed by atoms with Crippen molar-refractivity contribution < 1.29 is 4.39 Å². The highest BCUT2D eigenvalue weighted by Crippen LogP contribution is 2.28. The summed E-state index contributed by atoms with van der Waals surface area (Å²) in [7, 11) is 0. The molecule has 0 radical (unpaired) electrons. The molecule has 0 aliphatic heterocycles. The van der Waals surface area contributed by atoms with Crippen LogP contribution in [0.15, 0.2) is 18.3 Å². The second-order valence-electron chi connectivity index (χ2n) is 4.34. The Morgan fingerprint density at radius 3 is 2.73 bits per heavy atom. The number of pyridine rings is 1. The Labute approximate surface area is 89.9 Å². The third-order valence-electron chi connectivity index (χ3n) is 3.21. The fourth-order valence-corrected chi connectivity index (χ4v) is 2.27. The molecule has 82 valence electrons. The Morgan fingerprint density at radius 1 is 1.40 bits per heavy atom. The van der Waals surface area contributed by atoms with Crippen molar-refractivity contribution in [1.82, 2.24) is 4.98 Å². The molecular weight excluding hydrogens is 191 g/mol. The Bertz CT molecular complexity index is 304. The van der Waals surface area contributed by atoms with E-state index in [9.17, 15) is 4.39 Å². The molecule has 0 saturated heterocycles. The molecule has 1 heterocycles. The summed E-state index contributed by atoms with van der Waals surface area (Å²) in [5.41, 5.74) is 0. The van der Waals surface area contributed by atoms with Gasteiger partial charge in [-0.1, -0.05) is 12.8 Å². The van der Waals surface area contributed by atoms with Crippen molar-refractivity contribution in [1.29, 1.82) is 0 Å². The molecule has 1 atom stereocenters. The van der Waals surface area contributed by atoms with E-state index in [4.69, 9.17) is 0 Å². The van der Waals surface area contributed by atoms with Gasteiger partial charge in [-0.3, -0.25) is 0 Å². The van der Waals surface area contributed by atoms with Gasteiger partial charge >= 0.3 is 0 Å². The van der Waals surface area contributed by atoms with E-state index >= 15 is 0 Å². The third-order valence-corrected chi connectivity index (χ3v) is 3.21. The van der Waals surface area contributed by atoms with Gasteiger partial charge in [-0.2, -0.15) is 0 Å². The fourth-order valence-electron chi connectivity index (χ4n) is 2.27. The lowest BCUT2D eigenvalue weighted by Crippen LogP contribution is -2.24. The van der Waals surface area contributed by atoms with Gasteiger partial charge in [-0.05, 0) is 37.8 Å². The molecular formula is C12H17FN2. The molecule has 1 aliphatic carbocycles. The van der Waals surface area contributed by atoms with Gasteiger partial charge in [0.15, 0.2) is 0 Å². The van der Waals surface area contributed by atoms with Crippen molar-refractivity contribution in [3.63, 3.8) is 0 Å². The minimum Gasteiger partial charge on any atom is -0.367 e. The molecule has 0 aromatic carbocycles. The van der Waals surface area contributed by atoms with Crippen LogP contribution in [0.2, 0.25) is 0 Å². The van der Waals surface area contributed by atoms with E-state index in [-0.39, 0.29) is 5.82 Å². The fraction of sp³-hybridized carbons (Fsp3) is 0.583. The van der Waals surface area contributed by atoms with Crippen LogP contribution in [0.25, 0.3) is 0 Å². The summed E-state index contributed by atoms with van der Waals surface area (Å²) in [6.45, 7) is 2.18. The zero-order valence-electron chi connectivity index (χ0n) is 9.04. The Kier molecular flexibility index (Phi) is 3.19.